The number of hydrogen-bond donors (Lipinski definition) is 1. The molecule has 4 rings (SSSR count). The molecule has 2 unspecified atom stereocenters. The topological polar surface area (TPSA) is 53.9 Å². The molecule has 2 atom stereocenters. The molecule has 2 aromatic rings. The molecule has 0 aliphatic carbocycles. The molecule has 14 heteroatoms. The third kappa shape index (κ3) is 5.35. The lowest BCUT2D eigenvalue weighted by atomic mass is 9.92. The number of halogens is 9. The summed E-state index contributed by atoms with van der Waals surface area (Å²) in [5.74, 6) is -8.69. The molecule has 0 saturated carbocycles. The van der Waals surface area contributed by atoms with E-state index in [1.165, 1.54) is 36.4 Å². The molecule has 2 heterocycles. The zero-order valence-corrected chi connectivity index (χ0v) is 19.8. The average Bonchev–Trinajstić information content (AvgIpc) is 3.23. The molecule has 2 aromatic carbocycles. The summed E-state index contributed by atoms with van der Waals surface area (Å²) in [6, 6.07) is 9.25. The summed E-state index contributed by atoms with van der Waals surface area (Å²) in [6.07, 6.45) is -12.1. The number of nitrogens with one attached hydrogen (secondary N) is 1. The van der Waals surface area contributed by atoms with E-state index in [9.17, 15) is 39.9 Å². The second kappa shape index (κ2) is 10.2. The third-order valence-corrected chi connectivity index (χ3v) is 6.28. The van der Waals surface area contributed by atoms with Gasteiger partial charge in [-0.2, -0.15) is 40.2 Å². The highest BCUT2D eigenvalue weighted by atomic mass is 35.5. The molecule has 0 fully saturated rings. The first-order valence-corrected chi connectivity index (χ1v) is 11.4. The fraction of sp³-hybridized carbons (Fsp3) is 0.333. The van der Waals surface area contributed by atoms with Crippen LogP contribution < -0.4 is 10.3 Å². The minimum atomic E-state index is -6.25. The lowest BCUT2D eigenvalue weighted by molar-refractivity contribution is -0.251. The number of nitrogens with zero attached hydrogens (tertiary/aromatic N) is 2. The Bertz CT molecular complexity index is 1260. The number of alkyl halides is 8. The van der Waals surface area contributed by atoms with Gasteiger partial charge in [0, 0.05) is 6.54 Å². The van der Waals surface area contributed by atoms with Crippen molar-refractivity contribution in [3.8, 4) is 0 Å². The number of hydrazone groups is 1. The smallest absolute Gasteiger partial charge is 0.447 e. The number of carbonyl (C=O) groups excluding carboxylic acids is 1. The Morgan fingerprint density at radius 3 is 2.21 bits per heavy atom. The number of rotatable bonds is 5. The molecule has 0 aromatic heterocycles. The zero-order valence-electron chi connectivity index (χ0n) is 19.1. The number of anilines is 1. The molecule has 204 valence electrons. The SMILES string of the molecule is O=C(OC1C(C(F)(F)C(F)(F)F)=NN(c2ccccc2Cl)C1c1ccc(C2=CCNCC2)cc1)C(F)(F)F. The Kier molecular flexibility index (Phi) is 7.45. The minimum Gasteiger partial charge on any atom is -0.447 e. The van der Waals surface area contributed by atoms with Crippen molar-refractivity contribution in [2.24, 2.45) is 5.10 Å². The summed E-state index contributed by atoms with van der Waals surface area (Å²) in [4.78, 5) is 11.7. The Morgan fingerprint density at radius 2 is 1.66 bits per heavy atom. The van der Waals surface area contributed by atoms with Gasteiger partial charge in [-0.25, -0.2) is 4.79 Å². The molecule has 38 heavy (non-hydrogen) atoms. The molecular weight excluding hydrogens is 550 g/mol. The van der Waals surface area contributed by atoms with Gasteiger partial charge in [-0.15, -0.1) is 0 Å². The monoisotopic (exact) mass is 567 g/mol. The lowest BCUT2D eigenvalue weighted by Crippen LogP contribution is -2.50. The molecule has 0 saturated heterocycles. The summed E-state index contributed by atoms with van der Waals surface area (Å²) >= 11 is 6.14. The first-order chi connectivity index (χ1) is 17.7. The summed E-state index contributed by atoms with van der Waals surface area (Å²) in [5, 5.41) is 6.97. The highest BCUT2D eigenvalue weighted by molar-refractivity contribution is 6.33. The average molecular weight is 568 g/mol. The number of ether oxygens (including phenoxy) is 1. The molecule has 0 amide bonds. The molecule has 0 spiro atoms. The lowest BCUT2D eigenvalue weighted by Gasteiger charge is -2.30. The quantitative estimate of drug-likeness (QED) is 0.340. The Hall–Kier alpha value is -3.19. The molecule has 0 radical (unpaired) electrons. The summed E-state index contributed by atoms with van der Waals surface area (Å²) in [6.45, 7) is 1.29. The van der Waals surface area contributed by atoms with Crippen LogP contribution in [0.15, 0.2) is 59.7 Å². The van der Waals surface area contributed by atoms with Gasteiger partial charge in [0.25, 0.3) is 0 Å². The summed E-state index contributed by atoms with van der Waals surface area (Å²) < 4.78 is 113. The Morgan fingerprint density at radius 1 is 1.00 bits per heavy atom. The predicted octanol–water partition coefficient (Wildman–Crippen LogP) is 6.31. The van der Waals surface area contributed by atoms with E-state index in [-0.39, 0.29) is 16.3 Å². The highest BCUT2D eigenvalue weighted by Gasteiger charge is 2.67. The van der Waals surface area contributed by atoms with E-state index >= 15 is 0 Å². The van der Waals surface area contributed by atoms with Gasteiger partial charge < -0.3 is 10.1 Å². The van der Waals surface area contributed by atoms with E-state index in [1.54, 1.807) is 12.1 Å². The standard InChI is InChI=1S/C24H18ClF8N3O2/c25-16-3-1-2-4-17(16)36-18(15-7-5-13(6-8-15)14-9-11-34-12-10-14)19(38-21(37)23(28,29)30)20(35-36)22(26,27)24(31,32)33/h1-9,18-19,34H,10-12H2. The minimum absolute atomic E-state index is 0.0418. The summed E-state index contributed by atoms with van der Waals surface area (Å²) in [7, 11) is 0. The van der Waals surface area contributed by atoms with Gasteiger partial charge in [-0.1, -0.05) is 54.1 Å². The van der Waals surface area contributed by atoms with Gasteiger partial charge in [0.2, 0.25) is 0 Å². The fourth-order valence-electron chi connectivity index (χ4n) is 4.14. The highest BCUT2D eigenvalue weighted by Crippen LogP contribution is 2.47. The van der Waals surface area contributed by atoms with Gasteiger partial charge in [-0.05, 0) is 41.8 Å². The second-order valence-corrected chi connectivity index (χ2v) is 8.83. The van der Waals surface area contributed by atoms with Gasteiger partial charge in [0.05, 0.1) is 10.7 Å². The maximum absolute atomic E-state index is 14.6. The van der Waals surface area contributed by atoms with E-state index < -0.39 is 42.1 Å². The van der Waals surface area contributed by atoms with Gasteiger partial charge in [0.1, 0.15) is 6.04 Å². The van der Waals surface area contributed by atoms with E-state index in [1.807, 2.05) is 6.08 Å². The number of benzene rings is 2. The zero-order chi connectivity index (χ0) is 27.9. The van der Waals surface area contributed by atoms with Gasteiger partial charge in [-0.3, -0.25) is 5.01 Å². The molecular formula is C24H18ClF8N3O2. The van der Waals surface area contributed by atoms with Crippen LogP contribution in [0.2, 0.25) is 5.02 Å². The maximum atomic E-state index is 14.6. The molecule has 5 nitrogen and oxygen atoms in total. The van der Waals surface area contributed by atoms with Crippen LogP contribution in [-0.2, 0) is 9.53 Å². The molecule has 2 aliphatic heterocycles. The van der Waals surface area contributed by atoms with Crippen molar-refractivity contribution in [2.45, 2.75) is 36.8 Å². The Balaban J connectivity index is 1.86. The number of hydrogen-bond acceptors (Lipinski definition) is 5. The van der Waals surface area contributed by atoms with Crippen LogP contribution in [0.3, 0.4) is 0 Å². The summed E-state index contributed by atoms with van der Waals surface area (Å²) in [5.41, 5.74) is -0.698. The van der Waals surface area contributed by atoms with Crippen molar-refractivity contribution < 1.29 is 44.7 Å². The number of esters is 1. The van der Waals surface area contributed by atoms with Crippen LogP contribution >= 0.6 is 11.6 Å². The van der Waals surface area contributed by atoms with E-state index in [2.05, 4.69) is 15.2 Å². The van der Waals surface area contributed by atoms with Crippen molar-refractivity contribution in [1.82, 2.24) is 5.32 Å². The number of carbonyl (C=O) groups is 1. The van der Waals surface area contributed by atoms with Crippen molar-refractivity contribution in [3.05, 3.63) is 70.8 Å². The van der Waals surface area contributed by atoms with Crippen molar-refractivity contribution in [3.63, 3.8) is 0 Å². The first kappa shape index (κ1) is 27.8. The van der Waals surface area contributed by atoms with Crippen LogP contribution in [-0.4, -0.2) is 49.1 Å². The van der Waals surface area contributed by atoms with Crippen molar-refractivity contribution >= 4 is 34.5 Å². The third-order valence-electron chi connectivity index (χ3n) is 5.96. The second-order valence-electron chi connectivity index (χ2n) is 8.43. The first-order valence-electron chi connectivity index (χ1n) is 11.1. The van der Waals surface area contributed by atoms with Crippen LogP contribution in [0.4, 0.5) is 40.8 Å². The van der Waals surface area contributed by atoms with Gasteiger partial charge in [0.15, 0.2) is 11.8 Å². The van der Waals surface area contributed by atoms with Crippen molar-refractivity contribution in [2.75, 3.05) is 18.1 Å². The van der Waals surface area contributed by atoms with Crippen LogP contribution in [0.5, 0.6) is 0 Å². The molecule has 1 N–H and O–H groups in total. The van der Waals surface area contributed by atoms with E-state index in [4.69, 9.17) is 11.6 Å². The molecule has 2 aliphatic rings. The number of para-hydroxylation sites is 1. The fourth-order valence-corrected chi connectivity index (χ4v) is 4.36. The van der Waals surface area contributed by atoms with Crippen LogP contribution in [0, 0.1) is 0 Å². The van der Waals surface area contributed by atoms with Crippen molar-refractivity contribution in [1.29, 1.82) is 0 Å². The van der Waals surface area contributed by atoms with Crippen LogP contribution in [0.1, 0.15) is 23.6 Å². The Labute approximate surface area is 215 Å². The largest absolute Gasteiger partial charge is 0.490 e. The van der Waals surface area contributed by atoms with Crippen LogP contribution in [0.25, 0.3) is 5.57 Å². The van der Waals surface area contributed by atoms with E-state index in [0.29, 0.717) is 30.1 Å². The van der Waals surface area contributed by atoms with Gasteiger partial charge >= 0.3 is 24.2 Å². The molecule has 0 bridgehead atoms. The van der Waals surface area contributed by atoms with E-state index in [0.717, 1.165) is 5.57 Å². The maximum Gasteiger partial charge on any atom is 0.490 e. The normalized spacial score (nSPS) is 20.7. The predicted molar refractivity (Wildman–Crippen MR) is 123 cm³/mol.